The molecule has 1 aromatic heterocycles. The van der Waals surface area contributed by atoms with Crippen LogP contribution in [0.15, 0.2) is 70.3 Å². The molecule has 1 aliphatic heterocycles. The minimum Gasteiger partial charge on any atom is -0.468 e. The van der Waals surface area contributed by atoms with Gasteiger partial charge < -0.3 is 9.32 Å². The van der Waals surface area contributed by atoms with E-state index < -0.39 is 0 Å². The number of rotatable bonds is 4. The van der Waals surface area contributed by atoms with E-state index in [-0.39, 0.29) is 0 Å². The van der Waals surface area contributed by atoms with Gasteiger partial charge in [0.25, 0.3) is 0 Å². The van der Waals surface area contributed by atoms with Gasteiger partial charge in [-0.1, -0.05) is 54.6 Å². The third-order valence-corrected chi connectivity index (χ3v) is 4.81. The summed E-state index contributed by atoms with van der Waals surface area (Å²) in [5, 5.41) is 2.42. The Labute approximate surface area is 142 Å². The summed E-state index contributed by atoms with van der Waals surface area (Å²) < 4.78 is 5.89. The summed E-state index contributed by atoms with van der Waals surface area (Å²) in [6.07, 6.45) is 3.82. The van der Waals surface area contributed by atoms with Crippen molar-refractivity contribution in [1.82, 2.24) is 4.90 Å². The van der Waals surface area contributed by atoms with Crippen LogP contribution in [0.4, 0.5) is 0 Å². The minimum atomic E-state index is 0.394. The molecule has 2 aromatic carbocycles. The van der Waals surface area contributed by atoms with Crippen molar-refractivity contribution in [3.05, 3.63) is 72.2 Å². The van der Waals surface area contributed by atoms with Crippen molar-refractivity contribution in [2.45, 2.75) is 18.8 Å². The molecular weight excluding hydrogens is 296 g/mol. The molecule has 0 aliphatic carbocycles. The van der Waals surface area contributed by atoms with Crippen LogP contribution in [0, 0.1) is 0 Å². The Morgan fingerprint density at radius 3 is 2.75 bits per heavy atom. The molecule has 24 heavy (non-hydrogen) atoms. The smallest absolute Gasteiger partial charge is 0.116 e. The van der Waals surface area contributed by atoms with Crippen molar-refractivity contribution in [1.29, 1.82) is 0 Å². The average molecular weight is 318 g/mol. The number of likely N-dealkylation sites (tertiary alicyclic amines) is 1. The van der Waals surface area contributed by atoms with Crippen LogP contribution in [-0.4, -0.2) is 30.9 Å². The van der Waals surface area contributed by atoms with Gasteiger partial charge in [-0.2, -0.15) is 0 Å². The molecule has 1 fully saturated rings. The lowest BCUT2D eigenvalue weighted by Gasteiger charge is -2.11. The topological polar surface area (TPSA) is 28.7 Å². The van der Waals surface area contributed by atoms with Gasteiger partial charge in [0.2, 0.25) is 0 Å². The summed E-state index contributed by atoms with van der Waals surface area (Å²) in [5.41, 5.74) is 1.34. The zero-order chi connectivity index (χ0) is 16.4. The van der Waals surface area contributed by atoms with Gasteiger partial charge in [0.1, 0.15) is 5.76 Å². The standard InChI is InChI=1S/C21H22N2O/c1-23-14-18(21-19-10-6-5-9-17(19)15-24-21)13-20(23)22-12-11-16-7-3-2-4-8-16/h2-10,15,18H,11-14H2,1H3. The highest BCUT2D eigenvalue weighted by molar-refractivity contribution is 5.88. The molecular formula is C21H22N2O. The first-order valence-corrected chi connectivity index (χ1v) is 8.56. The highest BCUT2D eigenvalue weighted by Gasteiger charge is 2.29. The van der Waals surface area contributed by atoms with E-state index in [0.29, 0.717) is 5.92 Å². The van der Waals surface area contributed by atoms with Gasteiger partial charge in [0.05, 0.1) is 12.1 Å². The highest BCUT2D eigenvalue weighted by atomic mass is 16.3. The van der Waals surface area contributed by atoms with Crippen LogP contribution in [0.3, 0.4) is 0 Å². The second-order valence-corrected chi connectivity index (χ2v) is 6.50. The second-order valence-electron chi connectivity index (χ2n) is 6.50. The highest BCUT2D eigenvalue weighted by Crippen LogP contribution is 2.34. The third kappa shape index (κ3) is 2.94. The van der Waals surface area contributed by atoms with E-state index in [0.717, 1.165) is 31.7 Å². The summed E-state index contributed by atoms with van der Waals surface area (Å²) in [6.45, 7) is 1.82. The number of nitrogens with zero attached hydrogens (tertiary/aromatic N) is 2. The van der Waals surface area contributed by atoms with Crippen molar-refractivity contribution >= 4 is 16.6 Å². The zero-order valence-corrected chi connectivity index (χ0v) is 14.0. The lowest BCUT2D eigenvalue weighted by Crippen LogP contribution is -2.20. The Morgan fingerprint density at radius 2 is 1.88 bits per heavy atom. The van der Waals surface area contributed by atoms with Gasteiger partial charge in [0, 0.05) is 43.2 Å². The Balaban J connectivity index is 1.46. The van der Waals surface area contributed by atoms with Gasteiger partial charge >= 0.3 is 0 Å². The van der Waals surface area contributed by atoms with Crippen molar-refractivity contribution in [2.75, 3.05) is 20.1 Å². The van der Waals surface area contributed by atoms with E-state index in [4.69, 9.17) is 9.41 Å². The zero-order valence-electron chi connectivity index (χ0n) is 14.0. The normalized spacial score (nSPS) is 19.5. The lowest BCUT2D eigenvalue weighted by molar-refractivity contribution is 0.442. The predicted octanol–water partition coefficient (Wildman–Crippen LogP) is 4.49. The fourth-order valence-corrected chi connectivity index (χ4v) is 3.53. The Bertz CT molecular complexity index is 850. The monoisotopic (exact) mass is 318 g/mol. The van der Waals surface area contributed by atoms with Gasteiger partial charge in [-0.3, -0.25) is 4.99 Å². The first kappa shape index (κ1) is 15.0. The Hall–Kier alpha value is -2.55. The number of hydrogen-bond acceptors (Lipinski definition) is 2. The van der Waals surface area contributed by atoms with Gasteiger partial charge in [-0.05, 0) is 12.0 Å². The van der Waals surface area contributed by atoms with Crippen LogP contribution in [0.25, 0.3) is 10.8 Å². The molecule has 3 nitrogen and oxygen atoms in total. The molecule has 2 heterocycles. The van der Waals surface area contributed by atoms with Crippen LogP contribution >= 0.6 is 0 Å². The molecule has 0 spiro atoms. The largest absolute Gasteiger partial charge is 0.468 e. The molecule has 0 saturated carbocycles. The molecule has 1 aliphatic rings. The van der Waals surface area contributed by atoms with Gasteiger partial charge in [0.15, 0.2) is 0 Å². The molecule has 0 amide bonds. The summed E-state index contributed by atoms with van der Waals surface area (Å²) in [4.78, 5) is 7.11. The Kier molecular flexibility index (Phi) is 4.08. The van der Waals surface area contributed by atoms with Crippen LogP contribution in [0.2, 0.25) is 0 Å². The molecule has 3 aromatic rings. The van der Waals surface area contributed by atoms with E-state index in [9.17, 15) is 0 Å². The van der Waals surface area contributed by atoms with Crippen molar-refractivity contribution in [3.63, 3.8) is 0 Å². The van der Waals surface area contributed by atoms with Crippen molar-refractivity contribution in [2.24, 2.45) is 4.99 Å². The van der Waals surface area contributed by atoms with Crippen LogP contribution in [0.5, 0.6) is 0 Å². The average Bonchev–Trinajstić information content (AvgIpc) is 3.20. The Morgan fingerprint density at radius 1 is 1.08 bits per heavy atom. The fraction of sp³-hybridized carbons (Fsp3) is 0.286. The first-order valence-electron chi connectivity index (χ1n) is 8.56. The number of amidine groups is 1. The predicted molar refractivity (Wildman–Crippen MR) is 98.7 cm³/mol. The maximum atomic E-state index is 5.89. The fourth-order valence-electron chi connectivity index (χ4n) is 3.53. The summed E-state index contributed by atoms with van der Waals surface area (Å²) in [7, 11) is 2.13. The molecule has 122 valence electrons. The van der Waals surface area contributed by atoms with Crippen LogP contribution < -0.4 is 0 Å². The molecule has 3 heteroatoms. The van der Waals surface area contributed by atoms with Crippen LogP contribution in [0.1, 0.15) is 23.7 Å². The molecule has 1 unspecified atom stereocenters. The summed E-state index contributed by atoms with van der Waals surface area (Å²) in [5.74, 6) is 2.69. The number of benzene rings is 2. The number of furan rings is 1. The van der Waals surface area contributed by atoms with Gasteiger partial charge in [-0.15, -0.1) is 0 Å². The van der Waals surface area contributed by atoms with Crippen LogP contribution in [-0.2, 0) is 6.42 Å². The lowest BCUT2D eigenvalue weighted by atomic mass is 10.0. The van der Waals surface area contributed by atoms with Gasteiger partial charge in [-0.25, -0.2) is 0 Å². The number of likely N-dealkylation sites (N-methyl/N-ethyl adjacent to an activating group) is 1. The molecule has 1 atom stereocenters. The number of aliphatic imine (C=N–C) groups is 1. The summed E-state index contributed by atoms with van der Waals surface area (Å²) >= 11 is 0. The minimum absolute atomic E-state index is 0.394. The third-order valence-electron chi connectivity index (χ3n) is 4.81. The van der Waals surface area contributed by atoms with E-state index in [2.05, 4.69) is 66.5 Å². The summed E-state index contributed by atoms with van der Waals surface area (Å²) in [6, 6.07) is 18.9. The van der Waals surface area contributed by atoms with Crippen molar-refractivity contribution < 1.29 is 4.42 Å². The molecule has 0 radical (unpaired) electrons. The maximum absolute atomic E-state index is 5.89. The SMILES string of the molecule is CN1CC(c2occ3ccccc23)CC1=NCCc1ccccc1. The van der Waals surface area contributed by atoms with Crippen molar-refractivity contribution in [3.8, 4) is 0 Å². The second kappa shape index (κ2) is 6.52. The first-order chi connectivity index (χ1) is 11.8. The number of hydrogen-bond donors (Lipinski definition) is 0. The quantitative estimate of drug-likeness (QED) is 0.709. The molecule has 0 N–H and O–H groups in total. The molecule has 1 saturated heterocycles. The molecule has 4 rings (SSSR count). The van der Waals surface area contributed by atoms with E-state index in [1.807, 2.05) is 6.26 Å². The maximum Gasteiger partial charge on any atom is 0.116 e. The number of fused-ring (bicyclic) bond motifs is 1. The van der Waals surface area contributed by atoms with E-state index in [1.165, 1.54) is 22.2 Å². The van der Waals surface area contributed by atoms with E-state index >= 15 is 0 Å². The molecule has 0 bridgehead atoms. The van der Waals surface area contributed by atoms with E-state index in [1.54, 1.807) is 0 Å².